The summed E-state index contributed by atoms with van der Waals surface area (Å²) >= 11 is 9.39. The summed E-state index contributed by atoms with van der Waals surface area (Å²) in [6, 6.07) is 7.09. The molecule has 1 aromatic carbocycles. The first-order valence-corrected chi connectivity index (χ1v) is 6.45. The normalized spacial score (nSPS) is 11.4. The average Bonchev–Trinajstić information content (AvgIpc) is 2.35. The lowest BCUT2D eigenvalue weighted by atomic mass is 10.1. The van der Waals surface area contributed by atoms with E-state index in [2.05, 4.69) is 37.3 Å². The zero-order chi connectivity index (χ0) is 13.4. The van der Waals surface area contributed by atoms with E-state index in [-0.39, 0.29) is 0 Å². The molecule has 0 spiro atoms. The summed E-state index contributed by atoms with van der Waals surface area (Å²) in [4.78, 5) is 2.66. The van der Waals surface area contributed by atoms with Gasteiger partial charge in [0.25, 0.3) is 0 Å². The molecule has 18 heavy (non-hydrogen) atoms. The fourth-order valence-corrected chi connectivity index (χ4v) is 2.18. The number of azide groups is 1. The Hall–Kier alpha value is -1.25. The quantitative estimate of drug-likeness (QED) is 0.371. The number of rotatable bonds is 6. The van der Waals surface area contributed by atoms with Crippen LogP contribution in [0.3, 0.4) is 0 Å². The van der Waals surface area contributed by atoms with E-state index in [1.54, 1.807) is 12.1 Å². The lowest BCUT2D eigenvalue weighted by Gasteiger charge is -2.13. The summed E-state index contributed by atoms with van der Waals surface area (Å²) in [5, 5.41) is 16.1. The molecule has 1 rings (SSSR count). The molecular formula is C11H11BrClN5. The van der Waals surface area contributed by atoms with Crippen LogP contribution in [0.15, 0.2) is 27.8 Å². The van der Waals surface area contributed by atoms with E-state index in [1.165, 1.54) is 0 Å². The van der Waals surface area contributed by atoms with Crippen LogP contribution in [0.5, 0.6) is 0 Å². The lowest BCUT2D eigenvalue weighted by molar-refractivity contribution is 0.607. The highest BCUT2D eigenvalue weighted by Crippen LogP contribution is 2.26. The largest absolute Gasteiger partial charge is 0.298 e. The molecule has 0 aliphatic rings. The van der Waals surface area contributed by atoms with E-state index >= 15 is 0 Å². The Morgan fingerprint density at radius 3 is 3.00 bits per heavy atom. The van der Waals surface area contributed by atoms with Gasteiger partial charge in [0.15, 0.2) is 0 Å². The van der Waals surface area contributed by atoms with Gasteiger partial charge in [-0.25, -0.2) is 0 Å². The zero-order valence-electron chi connectivity index (χ0n) is 9.48. The standard InChI is InChI=1S/C11H11BrClN5/c12-8-2-3-9(10(13)6-8)11(7-14)16-4-1-5-17-18-15/h2-3,6,11,16H,1,4-5H2. The van der Waals surface area contributed by atoms with Gasteiger partial charge in [-0.05, 0) is 30.6 Å². The summed E-state index contributed by atoms with van der Waals surface area (Å²) < 4.78 is 0.872. The Bertz CT molecular complexity index is 493. The van der Waals surface area contributed by atoms with Gasteiger partial charge in [0.05, 0.1) is 6.07 Å². The van der Waals surface area contributed by atoms with E-state index in [4.69, 9.17) is 22.4 Å². The van der Waals surface area contributed by atoms with Crippen molar-refractivity contribution in [2.45, 2.75) is 12.5 Å². The molecule has 0 radical (unpaired) electrons. The number of hydrogen-bond acceptors (Lipinski definition) is 3. The van der Waals surface area contributed by atoms with Gasteiger partial charge >= 0.3 is 0 Å². The van der Waals surface area contributed by atoms with Crippen molar-refractivity contribution in [2.75, 3.05) is 13.1 Å². The molecule has 94 valence electrons. The van der Waals surface area contributed by atoms with Gasteiger partial charge in [-0.3, -0.25) is 5.32 Å². The monoisotopic (exact) mass is 327 g/mol. The fraction of sp³-hybridized carbons (Fsp3) is 0.364. The third-order valence-corrected chi connectivity index (χ3v) is 3.07. The molecule has 0 saturated heterocycles. The van der Waals surface area contributed by atoms with Crippen molar-refractivity contribution in [1.29, 1.82) is 5.26 Å². The van der Waals surface area contributed by atoms with Crippen LogP contribution < -0.4 is 5.32 Å². The fourth-order valence-electron chi connectivity index (χ4n) is 1.40. The van der Waals surface area contributed by atoms with E-state index in [0.29, 0.717) is 24.5 Å². The molecule has 1 N–H and O–H groups in total. The second-order valence-electron chi connectivity index (χ2n) is 3.49. The predicted octanol–water partition coefficient (Wildman–Crippen LogP) is 3.96. The topological polar surface area (TPSA) is 84.6 Å². The van der Waals surface area contributed by atoms with Crippen LogP contribution in [0, 0.1) is 11.3 Å². The molecule has 0 aliphatic carbocycles. The predicted molar refractivity (Wildman–Crippen MR) is 74.1 cm³/mol. The number of benzene rings is 1. The third-order valence-electron chi connectivity index (χ3n) is 2.25. The van der Waals surface area contributed by atoms with E-state index in [9.17, 15) is 0 Å². The minimum Gasteiger partial charge on any atom is -0.298 e. The smallest absolute Gasteiger partial charge is 0.122 e. The lowest BCUT2D eigenvalue weighted by Crippen LogP contribution is -2.21. The maximum absolute atomic E-state index is 9.11. The number of nitrogens with one attached hydrogen (secondary N) is 1. The van der Waals surface area contributed by atoms with Crippen LogP contribution in [-0.4, -0.2) is 13.1 Å². The second kappa shape index (κ2) is 7.96. The van der Waals surface area contributed by atoms with Crippen LogP contribution in [0.4, 0.5) is 0 Å². The van der Waals surface area contributed by atoms with Gasteiger partial charge < -0.3 is 0 Å². The van der Waals surface area contributed by atoms with Gasteiger partial charge in [0.2, 0.25) is 0 Å². The third kappa shape index (κ3) is 4.55. The van der Waals surface area contributed by atoms with E-state index in [1.807, 2.05) is 6.07 Å². The number of halogens is 2. The number of nitriles is 1. The van der Waals surface area contributed by atoms with Gasteiger partial charge in [0.1, 0.15) is 6.04 Å². The van der Waals surface area contributed by atoms with Crippen LogP contribution in [0.25, 0.3) is 10.4 Å². The second-order valence-corrected chi connectivity index (χ2v) is 4.81. The molecule has 1 aromatic rings. The molecule has 5 nitrogen and oxygen atoms in total. The molecule has 7 heteroatoms. The zero-order valence-corrected chi connectivity index (χ0v) is 11.8. The average molecular weight is 329 g/mol. The van der Waals surface area contributed by atoms with Crippen LogP contribution in [0.2, 0.25) is 5.02 Å². The van der Waals surface area contributed by atoms with Crippen molar-refractivity contribution in [1.82, 2.24) is 5.32 Å². The highest BCUT2D eigenvalue weighted by Gasteiger charge is 2.13. The van der Waals surface area contributed by atoms with Crippen molar-refractivity contribution < 1.29 is 0 Å². The summed E-state index contributed by atoms with van der Waals surface area (Å²) in [7, 11) is 0. The molecule has 0 fully saturated rings. The highest BCUT2D eigenvalue weighted by molar-refractivity contribution is 9.10. The van der Waals surface area contributed by atoms with Gasteiger partial charge in [-0.1, -0.05) is 38.7 Å². The van der Waals surface area contributed by atoms with Crippen LogP contribution in [0.1, 0.15) is 18.0 Å². The molecular weight excluding hydrogens is 318 g/mol. The maximum atomic E-state index is 9.11. The summed E-state index contributed by atoms with van der Waals surface area (Å²) in [6.07, 6.45) is 0.677. The van der Waals surface area contributed by atoms with Gasteiger partial charge in [-0.2, -0.15) is 5.26 Å². The van der Waals surface area contributed by atoms with Crippen LogP contribution >= 0.6 is 27.5 Å². The Morgan fingerprint density at radius 1 is 1.61 bits per heavy atom. The highest BCUT2D eigenvalue weighted by atomic mass is 79.9. The Labute approximate surface area is 119 Å². The summed E-state index contributed by atoms with van der Waals surface area (Å²) in [5.74, 6) is 0. The van der Waals surface area contributed by atoms with E-state index < -0.39 is 6.04 Å². The molecule has 0 heterocycles. The first kappa shape index (κ1) is 14.8. The van der Waals surface area contributed by atoms with E-state index in [0.717, 1.165) is 10.0 Å². The minimum absolute atomic E-state index is 0.412. The summed E-state index contributed by atoms with van der Waals surface area (Å²) in [6.45, 7) is 0.999. The van der Waals surface area contributed by atoms with Crippen LogP contribution in [-0.2, 0) is 0 Å². The summed E-state index contributed by atoms with van der Waals surface area (Å²) in [5.41, 5.74) is 8.87. The Balaban J connectivity index is 2.61. The number of nitrogens with zero attached hydrogens (tertiary/aromatic N) is 4. The first-order chi connectivity index (χ1) is 8.69. The van der Waals surface area contributed by atoms with Gasteiger partial charge in [-0.15, -0.1) is 0 Å². The van der Waals surface area contributed by atoms with Gasteiger partial charge in [0, 0.05) is 26.5 Å². The molecule has 0 amide bonds. The Kier molecular flexibility index (Phi) is 6.55. The van der Waals surface area contributed by atoms with Crippen molar-refractivity contribution in [3.8, 4) is 6.07 Å². The first-order valence-electron chi connectivity index (χ1n) is 5.28. The van der Waals surface area contributed by atoms with Crippen molar-refractivity contribution in [2.24, 2.45) is 5.11 Å². The molecule has 1 atom stereocenters. The number of hydrogen-bond donors (Lipinski definition) is 1. The van der Waals surface area contributed by atoms with Crippen molar-refractivity contribution in [3.05, 3.63) is 43.7 Å². The van der Waals surface area contributed by atoms with Crippen molar-refractivity contribution in [3.63, 3.8) is 0 Å². The SMILES string of the molecule is N#CC(NCCCN=[N+]=[N-])c1ccc(Br)cc1Cl. The minimum atomic E-state index is -0.461. The van der Waals surface area contributed by atoms with Crippen molar-refractivity contribution >= 4 is 27.5 Å². The Morgan fingerprint density at radius 2 is 2.39 bits per heavy atom. The molecule has 1 unspecified atom stereocenters. The molecule has 0 aromatic heterocycles. The molecule has 0 aliphatic heterocycles. The molecule has 0 saturated carbocycles. The maximum Gasteiger partial charge on any atom is 0.122 e. The molecule has 0 bridgehead atoms.